The van der Waals surface area contributed by atoms with E-state index in [1.54, 1.807) is 24.3 Å². The molecule has 2 saturated heterocycles. The zero-order chi connectivity index (χ0) is 29.8. The van der Waals surface area contributed by atoms with E-state index in [4.69, 9.17) is 16.2 Å². The van der Waals surface area contributed by atoms with Crippen LogP contribution in [0.3, 0.4) is 0 Å². The molecule has 2 aliphatic rings. The highest BCUT2D eigenvalue weighted by Gasteiger charge is 2.43. The minimum Gasteiger partial charge on any atom is -0.504 e. The van der Waals surface area contributed by atoms with E-state index in [-0.39, 0.29) is 41.1 Å². The zero-order valence-electron chi connectivity index (χ0n) is 23.5. The molecule has 222 valence electrons. The maximum absolute atomic E-state index is 14.7. The molecule has 3 aromatic rings. The van der Waals surface area contributed by atoms with Crippen LogP contribution in [0.15, 0.2) is 42.5 Å². The highest BCUT2D eigenvalue weighted by molar-refractivity contribution is 7.18. The summed E-state index contributed by atoms with van der Waals surface area (Å²) in [6, 6.07) is 13.2. The number of ether oxygens (including phenoxy) is 1. The van der Waals surface area contributed by atoms with Crippen LogP contribution in [0, 0.1) is 17.1 Å². The van der Waals surface area contributed by atoms with Gasteiger partial charge in [-0.3, -0.25) is 4.79 Å². The number of nitrogens with two attached hydrogens (primary N) is 2. The first-order valence-corrected chi connectivity index (χ1v) is 15.4. The number of halogens is 1. The second-order valence-corrected chi connectivity index (χ2v) is 12.3. The Balaban J connectivity index is 1.43. The molecule has 42 heavy (non-hydrogen) atoms. The normalized spacial score (nSPS) is 20.4. The van der Waals surface area contributed by atoms with Gasteiger partial charge < -0.3 is 31.3 Å². The third-order valence-electron chi connectivity index (χ3n) is 8.24. The summed E-state index contributed by atoms with van der Waals surface area (Å²) in [5.41, 5.74) is 13.4. The minimum absolute atomic E-state index is 0.0647. The van der Waals surface area contributed by atoms with E-state index in [1.165, 1.54) is 29.5 Å². The lowest BCUT2D eigenvalue weighted by Gasteiger charge is -2.37. The van der Waals surface area contributed by atoms with Crippen molar-refractivity contribution < 1.29 is 24.1 Å². The maximum Gasteiger partial charge on any atom is 0.264 e. The number of hydrogen-bond donors (Lipinski definition) is 4. The van der Waals surface area contributed by atoms with Gasteiger partial charge in [-0.1, -0.05) is 18.9 Å². The molecule has 2 bridgehead atoms. The first-order chi connectivity index (χ1) is 20.3. The predicted molar refractivity (Wildman–Crippen MR) is 160 cm³/mol. The van der Waals surface area contributed by atoms with Crippen LogP contribution in [0.1, 0.15) is 73.0 Å². The van der Waals surface area contributed by atoms with Crippen LogP contribution in [0.25, 0.3) is 21.6 Å². The minimum atomic E-state index is -1.06. The molecule has 0 radical (unpaired) electrons. The van der Waals surface area contributed by atoms with Crippen molar-refractivity contribution >= 4 is 17.2 Å². The number of aliphatic hydroxyl groups excluding tert-OH is 1. The number of aliphatic hydroxyl groups is 1. The molecule has 2 fully saturated rings. The number of hydrogen-bond acceptors (Lipinski definition) is 8. The molecule has 2 aromatic carbocycles. The third kappa shape index (κ3) is 6.45. The van der Waals surface area contributed by atoms with E-state index in [2.05, 4.69) is 0 Å². The van der Waals surface area contributed by atoms with Crippen molar-refractivity contribution in [2.24, 2.45) is 11.5 Å². The fourth-order valence-electron chi connectivity index (χ4n) is 6.16. The van der Waals surface area contributed by atoms with Crippen molar-refractivity contribution in [1.82, 2.24) is 4.90 Å². The Morgan fingerprint density at radius 2 is 1.81 bits per heavy atom. The Kier molecular flexibility index (Phi) is 9.43. The van der Waals surface area contributed by atoms with Crippen molar-refractivity contribution in [2.75, 3.05) is 6.54 Å². The topological polar surface area (TPSA) is 146 Å². The van der Waals surface area contributed by atoms with Gasteiger partial charge in [0.1, 0.15) is 11.9 Å². The van der Waals surface area contributed by atoms with Crippen LogP contribution >= 0.6 is 11.3 Å². The molecule has 5 rings (SSSR count). The number of thiophene rings is 1. The maximum atomic E-state index is 14.7. The van der Waals surface area contributed by atoms with Gasteiger partial charge in [-0.05, 0) is 92.6 Å². The number of carbonyl (C=O) groups excluding carboxylic acids is 1. The fraction of sp³-hybridized carbons (Fsp3) is 0.438. The average Bonchev–Trinajstić information content (AvgIpc) is 3.53. The molecule has 0 spiro atoms. The molecular weight excluding hydrogens is 555 g/mol. The van der Waals surface area contributed by atoms with Gasteiger partial charge in [0, 0.05) is 35.0 Å². The highest BCUT2D eigenvalue weighted by Crippen LogP contribution is 2.44. The molecule has 0 aliphatic carbocycles. The van der Waals surface area contributed by atoms with Gasteiger partial charge in [0.05, 0.1) is 10.4 Å². The molecule has 3 atom stereocenters. The summed E-state index contributed by atoms with van der Waals surface area (Å²) in [6.07, 6.45) is 6.46. The number of fused-ring (bicyclic) bond motifs is 2. The summed E-state index contributed by atoms with van der Waals surface area (Å²) in [5.74, 6) is -0.726. The van der Waals surface area contributed by atoms with Crippen molar-refractivity contribution in [3.8, 4) is 39.1 Å². The quantitative estimate of drug-likeness (QED) is 0.170. The molecule has 6 N–H and O–H groups in total. The summed E-state index contributed by atoms with van der Waals surface area (Å²) in [5, 5.41) is 30.3. The second-order valence-electron chi connectivity index (χ2n) is 11.2. The lowest BCUT2D eigenvalue weighted by molar-refractivity contribution is -0.0261. The van der Waals surface area contributed by atoms with Crippen LogP contribution < -0.4 is 16.2 Å². The lowest BCUT2D eigenvalue weighted by Crippen LogP contribution is -2.49. The van der Waals surface area contributed by atoms with Crippen LogP contribution in [0.4, 0.5) is 4.39 Å². The van der Waals surface area contributed by atoms with Crippen molar-refractivity contribution in [3.05, 3.63) is 58.7 Å². The van der Waals surface area contributed by atoms with Gasteiger partial charge in [0.2, 0.25) is 0 Å². The summed E-state index contributed by atoms with van der Waals surface area (Å²) in [6.45, 7) is 0.648. The van der Waals surface area contributed by atoms with Crippen molar-refractivity contribution in [3.63, 3.8) is 0 Å². The number of nitriles is 1. The number of nitrogens with zero attached hydrogens (tertiary/aromatic N) is 2. The number of aromatic hydroxyl groups is 1. The van der Waals surface area contributed by atoms with Crippen LogP contribution in [-0.4, -0.2) is 52.0 Å². The average molecular weight is 593 g/mol. The number of phenolic OH excluding ortho intramolecular Hbond substituents is 1. The highest BCUT2D eigenvalue weighted by atomic mass is 32.1. The van der Waals surface area contributed by atoms with Gasteiger partial charge in [-0.25, -0.2) is 4.39 Å². The number of phenols is 1. The van der Waals surface area contributed by atoms with Gasteiger partial charge in [-0.15, -0.1) is 11.3 Å². The van der Waals surface area contributed by atoms with E-state index >= 15 is 0 Å². The first-order valence-electron chi connectivity index (χ1n) is 14.6. The van der Waals surface area contributed by atoms with E-state index < -0.39 is 12.1 Å². The van der Waals surface area contributed by atoms with E-state index in [9.17, 15) is 24.7 Å². The van der Waals surface area contributed by atoms with Gasteiger partial charge in [-0.2, -0.15) is 5.26 Å². The Bertz CT molecular complexity index is 1460. The molecule has 3 heterocycles. The van der Waals surface area contributed by atoms with Gasteiger partial charge >= 0.3 is 0 Å². The number of rotatable bonds is 11. The van der Waals surface area contributed by atoms with Gasteiger partial charge in [0.25, 0.3) is 5.91 Å². The summed E-state index contributed by atoms with van der Waals surface area (Å²) in [4.78, 5) is 17.0. The molecule has 3 unspecified atom stereocenters. The number of piperidine rings is 1. The monoisotopic (exact) mass is 592 g/mol. The fourth-order valence-corrected chi connectivity index (χ4v) is 7.28. The van der Waals surface area contributed by atoms with Crippen LogP contribution in [0.5, 0.6) is 11.5 Å². The molecular formula is C32H37FN4O4S. The standard InChI is InChI=1S/C32H37FN4O4S/c33-26-13-19(6-7-21(26)18-35)25-17-29(32(40)37-23-9-10-24(37)16-22(36)15-23)42-31(25)20-8-11-28(27(38)14-20)41-30(39)5-3-1-2-4-12-34/h6-8,11,13-14,17,22-24,30,38-39H,1-5,9-10,12,15-16,34,36H2. The SMILES string of the molecule is N#Cc1ccc(-c2cc(C(=O)N3C4CCC3CC(N)C4)sc2-c2ccc(OC(O)CCCCCCN)c(O)c2)cc1F. The zero-order valence-corrected chi connectivity index (χ0v) is 24.3. The molecule has 1 aromatic heterocycles. The number of unbranched alkanes of at least 4 members (excludes halogenated alkanes) is 3. The van der Waals surface area contributed by atoms with Crippen LogP contribution in [-0.2, 0) is 0 Å². The Morgan fingerprint density at radius 1 is 1.10 bits per heavy atom. The van der Waals surface area contributed by atoms with Crippen molar-refractivity contribution in [2.45, 2.75) is 82.2 Å². The molecule has 2 aliphatic heterocycles. The van der Waals surface area contributed by atoms with E-state index in [0.717, 1.165) is 51.4 Å². The summed E-state index contributed by atoms with van der Waals surface area (Å²) < 4.78 is 20.3. The molecule has 10 heteroatoms. The number of amides is 1. The Labute approximate surface area is 249 Å². The number of benzene rings is 2. The second kappa shape index (κ2) is 13.2. The largest absolute Gasteiger partial charge is 0.504 e. The van der Waals surface area contributed by atoms with E-state index in [0.29, 0.717) is 39.4 Å². The smallest absolute Gasteiger partial charge is 0.264 e. The summed E-state index contributed by atoms with van der Waals surface area (Å²) in [7, 11) is 0. The van der Waals surface area contributed by atoms with Gasteiger partial charge in [0.15, 0.2) is 17.8 Å². The van der Waals surface area contributed by atoms with Crippen molar-refractivity contribution in [1.29, 1.82) is 5.26 Å². The Morgan fingerprint density at radius 3 is 2.48 bits per heavy atom. The van der Waals surface area contributed by atoms with E-state index in [1.807, 2.05) is 11.0 Å². The predicted octanol–water partition coefficient (Wildman–Crippen LogP) is 5.50. The summed E-state index contributed by atoms with van der Waals surface area (Å²) >= 11 is 1.28. The Hall–Kier alpha value is -3.49. The molecule has 8 nitrogen and oxygen atoms in total. The molecule has 1 amide bonds. The van der Waals surface area contributed by atoms with Crippen LogP contribution in [0.2, 0.25) is 0 Å². The third-order valence-corrected chi connectivity index (χ3v) is 9.41. The molecule has 0 saturated carbocycles. The lowest BCUT2D eigenvalue weighted by atomic mass is 9.97. The first kappa shape index (κ1) is 30.0. The number of carbonyl (C=O) groups is 1.